The van der Waals surface area contributed by atoms with Crippen LogP contribution in [-0.2, 0) is 14.3 Å². The SMILES string of the molecule is COC(=O)CCSC(C)C(=O)Nc1cc(OC)ccc1OC. The highest BCUT2D eigenvalue weighted by atomic mass is 32.2. The molecule has 1 atom stereocenters. The van der Waals surface area contributed by atoms with Crippen LogP contribution in [-0.4, -0.2) is 44.2 Å². The summed E-state index contributed by atoms with van der Waals surface area (Å²) in [6.45, 7) is 1.78. The minimum atomic E-state index is -0.305. The van der Waals surface area contributed by atoms with Crippen molar-refractivity contribution in [1.29, 1.82) is 0 Å². The number of nitrogens with one attached hydrogen (secondary N) is 1. The standard InChI is InChI=1S/C15H21NO5S/c1-10(22-8-7-14(17)21-4)15(18)16-12-9-11(19-2)5-6-13(12)20-3/h5-6,9-10H,7-8H2,1-4H3,(H,16,18). The van der Waals surface area contributed by atoms with Crippen LogP contribution in [0.5, 0.6) is 11.5 Å². The van der Waals surface area contributed by atoms with Crippen molar-refractivity contribution in [3.63, 3.8) is 0 Å². The molecule has 1 amide bonds. The summed E-state index contributed by atoms with van der Waals surface area (Å²) >= 11 is 1.39. The summed E-state index contributed by atoms with van der Waals surface area (Å²) in [5, 5.41) is 2.50. The lowest BCUT2D eigenvalue weighted by Gasteiger charge is -2.15. The highest BCUT2D eigenvalue weighted by molar-refractivity contribution is 8.00. The first kappa shape index (κ1) is 18.2. The maximum Gasteiger partial charge on any atom is 0.306 e. The molecule has 1 N–H and O–H groups in total. The maximum absolute atomic E-state index is 12.2. The molecule has 0 spiro atoms. The second-order valence-corrected chi connectivity index (χ2v) is 5.84. The monoisotopic (exact) mass is 327 g/mol. The molecular formula is C15H21NO5S. The van der Waals surface area contributed by atoms with Crippen molar-refractivity contribution in [3.8, 4) is 11.5 Å². The summed E-state index contributed by atoms with van der Waals surface area (Å²) in [5.74, 6) is 1.26. The Morgan fingerprint density at radius 1 is 1.23 bits per heavy atom. The molecule has 1 unspecified atom stereocenters. The van der Waals surface area contributed by atoms with Gasteiger partial charge < -0.3 is 19.5 Å². The Kier molecular flexibility index (Phi) is 7.59. The molecule has 0 aliphatic rings. The molecular weight excluding hydrogens is 306 g/mol. The molecule has 0 aromatic heterocycles. The first-order valence-electron chi connectivity index (χ1n) is 6.73. The largest absolute Gasteiger partial charge is 0.497 e. The Labute approximate surface area is 134 Å². The smallest absolute Gasteiger partial charge is 0.306 e. The van der Waals surface area contributed by atoms with Crippen LogP contribution in [0, 0.1) is 0 Å². The first-order chi connectivity index (χ1) is 10.5. The van der Waals surface area contributed by atoms with E-state index in [2.05, 4.69) is 10.1 Å². The van der Waals surface area contributed by atoms with Crippen LogP contribution in [0.4, 0.5) is 5.69 Å². The van der Waals surface area contributed by atoms with Crippen LogP contribution >= 0.6 is 11.8 Å². The van der Waals surface area contributed by atoms with E-state index in [1.807, 2.05) is 0 Å². The van der Waals surface area contributed by atoms with Crippen molar-refractivity contribution in [1.82, 2.24) is 0 Å². The summed E-state index contributed by atoms with van der Waals surface area (Å²) < 4.78 is 14.9. The number of benzene rings is 1. The highest BCUT2D eigenvalue weighted by Crippen LogP contribution is 2.29. The quantitative estimate of drug-likeness (QED) is 0.739. The fourth-order valence-electron chi connectivity index (χ4n) is 1.64. The molecule has 122 valence electrons. The Morgan fingerprint density at radius 3 is 2.55 bits per heavy atom. The number of anilines is 1. The maximum atomic E-state index is 12.2. The van der Waals surface area contributed by atoms with E-state index >= 15 is 0 Å². The second kappa shape index (κ2) is 9.19. The van der Waals surface area contributed by atoms with Crippen molar-refractivity contribution in [2.45, 2.75) is 18.6 Å². The predicted molar refractivity (Wildman–Crippen MR) is 86.7 cm³/mol. The van der Waals surface area contributed by atoms with Crippen LogP contribution in [0.1, 0.15) is 13.3 Å². The van der Waals surface area contributed by atoms with Crippen LogP contribution in [0.2, 0.25) is 0 Å². The topological polar surface area (TPSA) is 73.9 Å². The Morgan fingerprint density at radius 2 is 1.95 bits per heavy atom. The van der Waals surface area contributed by atoms with E-state index < -0.39 is 0 Å². The number of hydrogen-bond donors (Lipinski definition) is 1. The second-order valence-electron chi connectivity index (χ2n) is 4.39. The van der Waals surface area contributed by atoms with Crippen molar-refractivity contribution >= 4 is 29.3 Å². The van der Waals surface area contributed by atoms with E-state index in [0.717, 1.165) is 0 Å². The molecule has 0 radical (unpaired) electrons. The average Bonchev–Trinajstić information content (AvgIpc) is 2.54. The number of esters is 1. The van der Waals surface area contributed by atoms with Gasteiger partial charge in [-0.3, -0.25) is 9.59 Å². The zero-order chi connectivity index (χ0) is 16.5. The molecule has 0 fully saturated rings. The van der Waals surface area contributed by atoms with Gasteiger partial charge in [-0.25, -0.2) is 0 Å². The van der Waals surface area contributed by atoms with Crippen molar-refractivity contribution in [2.24, 2.45) is 0 Å². The van der Waals surface area contributed by atoms with Gasteiger partial charge >= 0.3 is 5.97 Å². The third-order valence-electron chi connectivity index (χ3n) is 2.94. The molecule has 7 heteroatoms. The Balaban J connectivity index is 2.61. The fourth-order valence-corrected chi connectivity index (χ4v) is 2.49. The van der Waals surface area contributed by atoms with Gasteiger partial charge in [0.25, 0.3) is 0 Å². The van der Waals surface area contributed by atoms with Gasteiger partial charge in [0, 0.05) is 11.8 Å². The van der Waals surface area contributed by atoms with Crippen LogP contribution in [0.3, 0.4) is 0 Å². The zero-order valence-electron chi connectivity index (χ0n) is 13.2. The molecule has 0 saturated heterocycles. The van der Waals surface area contributed by atoms with Crippen LogP contribution in [0.15, 0.2) is 18.2 Å². The number of hydrogen-bond acceptors (Lipinski definition) is 6. The van der Waals surface area contributed by atoms with Gasteiger partial charge in [-0.05, 0) is 19.1 Å². The number of methoxy groups -OCH3 is 3. The average molecular weight is 327 g/mol. The van der Waals surface area contributed by atoms with E-state index in [0.29, 0.717) is 22.9 Å². The lowest BCUT2D eigenvalue weighted by atomic mass is 10.2. The molecule has 0 saturated carbocycles. The minimum Gasteiger partial charge on any atom is -0.497 e. The van der Waals surface area contributed by atoms with Crippen LogP contribution < -0.4 is 14.8 Å². The molecule has 6 nitrogen and oxygen atoms in total. The van der Waals surface area contributed by atoms with Crippen LogP contribution in [0.25, 0.3) is 0 Å². The van der Waals surface area contributed by atoms with Crippen molar-refractivity contribution < 1.29 is 23.8 Å². The summed E-state index contributed by atoms with van der Waals surface area (Å²) in [7, 11) is 4.43. The van der Waals surface area contributed by atoms with E-state index in [1.165, 1.54) is 26.0 Å². The summed E-state index contributed by atoms with van der Waals surface area (Å²) in [5.41, 5.74) is 0.548. The predicted octanol–water partition coefficient (Wildman–Crippen LogP) is 2.33. The number of ether oxygens (including phenoxy) is 3. The highest BCUT2D eigenvalue weighted by Gasteiger charge is 2.16. The molecule has 1 rings (SSSR count). The van der Waals surface area contributed by atoms with Crippen molar-refractivity contribution in [2.75, 3.05) is 32.4 Å². The lowest BCUT2D eigenvalue weighted by molar-refractivity contribution is -0.140. The van der Waals surface area contributed by atoms with Crippen molar-refractivity contribution in [3.05, 3.63) is 18.2 Å². The molecule has 22 heavy (non-hydrogen) atoms. The molecule has 1 aromatic rings. The lowest BCUT2D eigenvalue weighted by Crippen LogP contribution is -2.23. The molecule has 0 aliphatic heterocycles. The number of thioether (sulfide) groups is 1. The Hall–Kier alpha value is -1.89. The van der Waals surface area contributed by atoms with E-state index in [9.17, 15) is 9.59 Å². The van der Waals surface area contributed by atoms with Gasteiger partial charge in [0.05, 0.1) is 38.7 Å². The van der Waals surface area contributed by atoms with Gasteiger partial charge in [-0.1, -0.05) is 0 Å². The Bertz CT molecular complexity index is 521. The van der Waals surface area contributed by atoms with E-state index in [4.69, 9.17) is 9.47 Å². The minimum absolute atomic E-state index is 0.165. The first-order valence-corrected chi connectivity index (χ1v) is 7.78. The van der Waals surface area contributed by atoms with Gasteiger partial charge in [-0.15, -0.1) is 11.8 Å². The summed E-state index contributed by atoms with van der Waals surface area (Å²) in [6.07, 6.45) is 0.279. The summed E-state index contributed by atoms with van der Waals surface area (Å²) in [4.78, 5) is 23.2. The fraction of sp³-hybridized carbons (Fsp3) is 0.467. The zero-order valence-corrected chi connectivity index (χ0v) is 14.0. The normalized spacial score (nSPS) is 11.5. The van der Waals surface area contributed by atoms with Gasteiger partial charge in [0.2, 0.25) is 5.91 Å². The molecule has 0 aliphatic carbocycles. The van der Waals surface area contributed by atoms with Gasteiger partial charge in [0.15, 0.2) is 0 Å². The number of rotatable bonds is 8. The number of carbonyl (C=O) groups is 2. The number of carbonyl (C=O) groups excluding carboxylic acids is 2. The molecule has 0 heterocycles. The van der Waals surface area contributed by atoms with E-state index in [-0.39, 0.29) is 23.5 Å². The molecule has 0 bridgehead atoms. The van der Waals surface area contributed by atoms with Gasteiger partial charge in [-0.2, -0.15) is 0 Å². The van der Waals surface area contributed by atoms with Gasteiger partial charge in [0.1, 0.15) is 11.5 Å². The third-order valence-corrected chi connectivity index (χ3v) is 4.09. The van der Waals surface area contributed by atoms with E-state index in [1.54, 1.807) is 32.2 Å². The molecule has 1 aromatic carbocycles. The third kappa shape index (κ3) is 5.48. The number of amides is 1. The summed E-state index contributed by atoms with van der Waals surface area (Å²) in [6, 6.07) is 5.18.